The molecule has 0 radical (unpaired) electrons. The van der Waals surface area contributed by atoms with Gasteiger partial charge in [0.05, 0.1) is 0 Å². The van der Waals surface area contributed by atoms with Gasteiger partial charge in [0.2, 0.25) is 11.8 Å². The summed E-state index contributed by atoms with van der Waals surface area (Å²) in [5.74, 6) is -1.11. The summed E-state index contributed by atoms with van der Waals surface area (Å²) < 4.78 is 0.805. The van der Waals surface area contributed by atoms with Crippen LogP contribution in [0.15, 0.2) is 46.9 Å². The Labute approximate surface area is 118 Å². The van der Waals surface area contributed by atoms with Gasteiger partial charge in [-0.3, -0.25) is 9.59 Å². The molecule has 0 bridgehead atoms. The van der Waals surface area contributed by atoms with Crippen LogP contribution in [0.2, 0.25) is 0 Å². The van der Waals surface area contributed by atoms with Crippen LogP contribution in [0.4, 0.5) is 0 Å². The Hall–Kier alpha value is -2.14. The summed E-state index contributed by atoms with van der Waals surface area (Å²) >= 11 is 3.41. The molecule has 0 heterocycles. The molecule has 0 aliphatic rings. The minimum absolute atomic E-state index is 0.329. The summed E-state index contributed by atoms with van der Waals surface area (Å²) in [5.41, 5.74) is 12.6. The molecule has 5 heteroatoms. The smallest absolute Gasteiger partial charge is 0.249 e. The molecule has 0 aliphatic carbocycles. The third-order valence-corrected chi connectivity index (χ3v) is 3.43. The summed E-state index contributed by atoms with van der Waals surface area (Å²) in [7, 11) is 0. The largest absolute Gasteiger partial charge is 0.366 e. The van der Waals surface area contributed by atoms with E-state index in [9.17, 15) is 9.59 Å². The van der Waals surface area contributed by atoms with Crippen LogP contribution in [0.5, 0.6) is 0 Å². The van der Waals surface area contributed by atoms with Crippen molar-refractivity contribution in [3.63, 3.8) is 0 Å². The van der Waals surface area contributed by atoms with Crippen molar-refractivity contribution in [2.45, 2.75) is 0 Å². The Kier molecular flexibility index (Phi) is 3.66. The monoisotopic (exact) mass is 318 g/mol. The fourth-order valence-electron chi connectivity index (χ4n) is 1.81. The molecule has 0 fully saturated rings. The van der Waals surface area contributed by atoms with Gasteiger partial charge in [-0.15, -0.1) is 0 Å². The Morgan fingerprint density at radius 2 is 1.58 bits per heavy atom. The van der Waals surface area contributed by atoms with Gasteiger partial charge in [-0.1, -0.05) is 34.1 Å². The SMILES string of the molecule is NC(=O)c1ccc(C(N)=O)c(-c2ccccc2Br)c1. The fraction of sp³-hybridized carbons (Fsp3) is 0. The molecule has 0 spiro atoms. The molecule has 0 aliphatic heterocycles. The van der Waals surface area contributed by atoms with E-state index >= 15 is 0 Å². The molecule has 0 saturated carbocycles. The van der Waals surface area contributed by atoms with Gasteiger partial charge in [0.25, 0.3) is 0 Å². The van der Waals surface area contributed by atoms with Gasteiger partial charge in [-0.2, -0.15) is 0 Å². The van der Waals surface area contributed by atoms with E-state index in [0.29, 0.717) is 16.7 Å². The first-order valence-electron chi connectivity index (χ1n) is 5.49. The highest BCUT2D eigenvalue weighted by Gasteiger charge is 2.14. The molecule has 96 valence electrons. The maximum atomic E-state index is 11.5. The van der Waals surface area contributed by atoms with Crippen LogP contribution in [0, 0.1) is 0 Å². The van der Waals surface area contributed by atoms with Crippen LogP contribution < -0.4 is 11.5 Å². The van der Waals surface area contributed by atoms with Gasteiger partial charge in [0.1, 0.15) is 0 Å². The molecule has 0 aromatic heterocycles. The van der Waals surface area contributed by atoms with Crippen molar-refractivity contribution in [3.8, 4) is 11.1 Å². The van der Waals surface area contributed by atoms with Crippen LogP contribution in [0.1, 0.15) is 20.7 Å². The molecule has 19 heavy (non-hydrogen) atoms. The molecule has 2 rings (SSSR count). The molecular formula is C14H11BrN2O2. The van der Waals surface area contributed by atoms with E-state index in [4.69, 9.17) is 11.5 Å². The lowest BCUT2D eigenvalue weighted by Gasteiger charge is -2.10. The molecule has 0 atom stereocenters. The van der Waals surface area contributed by atoms with Crippen LogP contribution >= 0.6 is 15.9 Å². The number of halogens is 1. The number of hydrogen-bond donors (Lipinski definition) is 2. The minimum Gasteiger partial charge on any atom is -0.366 e. The van der Waals surface area contributed by atoms with Crippen LogP contribution in [0.25, 0.3) is 11.1 Å². The fourth-order valence-corrected chi connectivity index (χ4v) is 2.31. The Balaban J connectivity index is 2.72. The Morgan fingerprint density at radius 3 is 2.16 bits per heavy atom. The zero-order valence-electron chi connectivity index (χ0n) is 9.89. The second kappa shape index (κ2) is 5.24. The van der Waals surface area contributed by atoms with Crippen molar-refractivity contribution in [2.75, 3.05) is 0 Å². The minimum atomic E-state index is -0.554. The first-order chi connectivity index (χ1) is 9.00. The number of amides is 2. The number of nitrogens with two attached hydrogens (primary N) is 2. The van der Waals surface area contributed by atoms with Gasteiger partial charge in [0.15, 0.2) is 0 Å². The highest BCUT2D eigenvalue weighted by molar-refractivity contribution is 9.10. The van der Waals surface area contributed by atoms with E-state index in [-0.39, 0.29) is 0 Å². The molecule has 0 unspecified atom stereocenters. The van der Waals surface area contributed by atoms with Crippen molar-refractivity contribution in [1.82, 2.24) is 0 Å². The quantitative estimate of drug-likeness (QED) is 0.909. The van der Waals surface area contributed by atoms with Crippen LogP contribution in [-0.4, -0.2) is 11.8 Å². The predicted molar refractivity (Wildman–Crippen MR) is 76.6 cm³/mol. The standard InChI is InChI=1S/C14H11BrN2O2/c15-12-4-2-1-3-9(12)11-7-8(13(16)18)5-6-10(11)14(17)19/h1-7H,(H2,16,18)(H2,17,19). The van der Waals surface area contributed by atoms with Gasteiger partial charge in [-0.25, -0.2) is 0 Å². The predicted octanol–water partition coefficient (Wildman–Crippen LogP) is 2.31. The van der Waals surface area contributed by atoms with Crippen molar-refractivity contribution < 1.29 is 9.59 Å². The topological polar surface area (TPSA) is 86.2 Å². The first kappa shape index (κ1) is 13.3. The number of carbonyl (C=O) groups is 2. The molecule has 4 nitrogen and oxygen atoms in total. The van der Waals surface area contributed by atoms with Crippen molar-refractivity contribution >= 4 is 27.7 Å². The van der Waals surface area contributed by atoms with Crippen LogP contribution in [0.3, 0.4) is 0 Å². The lowest BCUT2D eigenvalue weighted by molar-refractivity contribution is 0.0989. The van der Waals surface area contributed by atoms with Crippen molar-refractivity contribution in [2.24, 2.45) is 11.5 Å². The van der Waals surface area contributed by atoms with Gasteiger partial charge in [0, 0.05) is 15.6 Å². The zero-order chi connectivity index (χ0) is 14.0. The third-order valence-electron chi connectivity index (χ3n) is 2.73. The Bertz CT molecular complexity index is 668. The van der Waals surface area contributed by atoms with Crippen molar-refractivity contribution in [3.05, 3.63) is 58.1 Å². The van der Waals surface area contributed by atoms with Crippen molar-refractivity contribution in [1.29, 1.82) is 0 Å². The highest BCUT2D eigenvalue weighted by atomic mass is 79.9. The number of benzene rings is 2. The average Bonchev–Trinajstić information content (AvgIpc) is 2.38. The van der Waals surface area contributed by atoms with Crippen LogP contribution in [-0.2, 0) is 0 Å². The number of rotatable bonds is 3. The van der Waals surface area contributed by atoms with Gasteiger partial charge < -0.3 is 11.5 Å². The number of carbonyl (C=O) groups excluding carboxylic acids is 2. The number of primary amides is 2. The van der Waals surface area contributed by atoms with E-state index in [1.807, 2.05) is 24.3 Å². The maximum absolute atomic E-state index is 11.5. The van der Waals surface area contributed by atoms with E-state index in [1.54, 1.807) is 6.07 Å². The number of hydrogen-bond acceptors (Lipinski definition) is 2. The maximum Gasteiger partial charge on any atom is 0.249 e. The second-order valence-electron chi connectivity index (χ2n) is 3.97. The normalized spacial score (nSPS) is 10.2. The van der Waals surface area contributed by atoms with Gasteiger partial charge >= 0.3 is 0 Å². The molecule has 4 N–H and O–H groups in total. The molecular weight excluding hydrogens is 308 g/mol. The Morgan fingerprint density at radius 1 is 0.895 bits per heavy atom. The molecule has 2 aromatic carbocycles. The summed E-state index contributed by atoms with van der Waals surface area (Å²) in [5, 5.41) is 0. The zero-order valence-corrected chi connectivity index (χ0v) is 11.5. The van der Waals surface area contributed by atoms with E-state index in [2.05, 4.69) is 15.9 Å². The lowest BCUT2D eigenvalue weighted by Crippen LogP contribution is -2.15. The van der Waals surface area contributed by atoms with E-state index in [0.717, 1.165) is 10.0 Å². The second-order valence-corrected chi connectivity index (χ2v) is 4.82. The molecule has 2 aromatic rings. The van der Waals surface area contributed by atoms with Gasteiger partial charge in [-0.05, 0) is 35.4 Å². The summed E-state index contributed by atoms with van der Waals surface area (Å²) in [4.78, 5) is 22.7. The molecule has 0 saturated heterocycles. The van der Waals surface area contributed by atoms with E-state index in [1.165, 1.54) is 12.1 Å². The lowest BCUT2D eigenvalue weighted by atomic mass is 9.96. The highest BCUT2D eigenvalue weighted by Crippen LogP contribution is 2.31. The summed E-state index contributed by atoms with van der Waals surface area (Å²) in [6.07, 6.45) is 0. The third kappa shape index (κ3) is 2.66. The first-order valence-corrected chi connectivity index (χ1v) is 6.28. The molecule has 2 amide bonds. The summed E-state index contributed by atoms with van der Waals surface area (Å²) in [6, 6.07) is 11.9. The average molecular weight is 319 g/mol. The summed E-state index contributed by atoms with van der Waals surface area (Å²) in [6.45, 7) is 0. The van der Waals surface area contributed by atoms with E-state index < -0.39 is 11.8 Å².